The van der Waals surface area contributed by atoms with Crippen LogP contribution in [0.15, 0.2) is 35.3 Å². The van der Waals surface area contributed by atoms with E-state index in [4.69, 9.17) is 4.74 Å². The minimum atomic E-state index is -0.384. The van der Waals surface area contributed by atoms with Gasteiger partial charge in [0.25, 0.3) is 5.69 Å². The Kier molecular flexibility index (Phi) is 6.61. The number of nitro groups is 1. The number of benzene rings is 1. The van der Waals surface area contributed by atoms with Crippen molar-refractivity contribution < 1.29 is 9.66 Å². The first kappa shape index (κ1) is 17.5. The molecule has 1 aliphatic heterocycles. The van der Waals surface area contributed by atoms with Gasteiger partial charge in [-0.1, -0.05) is 23.9 Å². The van der Waals surface area contributed by atoms with Crippen molar-refractivity contribution in [3.8, 4) is 0 Å². The van der Waals surface area contributed by atoms with E-state index in [1.807, 2.05) is 6.92 Å². The predicted octanol–water partition coefficient (Wildman–Crippen LogP) is 3.53. The number of hydrogen-bond acceptors (Lipinski definition) is 5. The lowest BCUT2D eigenvalue weighted by molar-refractivity contribution is -0.384. The van der Waals surface area contributed by atoms with Crippen LogP contribution in [0.3, 0.4) is 0 Å². The van der Waals surface area contributed by atoms with Gasteiger partial charge in [0.05, 0.1) is 10.6 Å². The summed E-state index contributed by atoms with van der Waals surface area (Å²) in [5.74, 6) is 1.01. The lowest BCUT2D eigenvalue weighted by Crippen LogP contribution is -2.24. The molecule has 1 fully saturated rings. The Balaban J connectivity index is 2.05. The molecule has 0 atom stereocenters. The minimum Gasteiger partial charge on any atom is -0.384 e. The number of nitro benzene ring substituents is 1. The standard InChI is InChI=1S/C16H21N3O3S/c1-13-12-14(19(20)21)6-7-15(13)17-16-18(9-11-23-16)8-4-3-5-10-22-2/h3-4,6-7,12H,5,8-11H2,1-2H3/b4-3+,17-16-. The fourth-order valence-corrected chi connectivity index (χ4v) is 3.20. The molecule has 7 heteroatoms. The second-order valence-corrected chi connectivity index (χ2v) is 6.23. The third-order valence-electron chi connectivity index (χ3n) is 3.45. The second kappa shape index (κ2) is 8.69. The third-order valence-corrected chi connectivity index (χ3v) is 4.45. The molecular weight excluding hydrogens is 314 g/mol. The summed E-state index contributed by atoms with van der Waals surface area (Å²) < 4.78 is 5.01. The molecule has 23 heavy (non-hydrogen) atoms. The Morgan fingerprint density at radius 1 is 1.48 bits per heavy atom. The second-order valence-electron chi connectivity index (χ2n) is 5.17. The van der Waals surface area contributed by atoms with Crippen LogP contribution in [0.5, 0.6) is 0 Å². The molecule has 0 unspecified atom stereocenters. The first-order valence-corrected chi connectivity index (χ1v) is 8.46. The van der Waals surface area contributed by atoms with Crippen LogP contribution in [0, 0.1) is 17.0 Å². The average Bonchev–Trinajstić information content (AvgIpc) is 2.96. The summed E-state index contributed by atoms with van der Waals surface area (Å²) in [4.78, 5) is 17.3. The largest absolute Gasteiger partial charge is 0.384 e. The Bertz CT molecular complexity index is 617. The topological polar surface area (TPSA) is 68.0 Å². The van der Waals surface area contributed by atoms with Crippen LogP contribution in [0.25, 0.3) is 0 Å². The number of hydrogen-bond donors (Lipinski definition) is 0. The molecule has 0 spiro atoms. The Hall–Kier alpha value is -1.86. The molecule has 1 heterocycles. The van der Waals surface area contributed by atoms with Crippen LogP contribution in [0.4, 0.5) is 11.4 Å². The molecule has 2 rings (SSSR count). The van der Waals surface area contributed by atoms with Crippen molar-refractivity contribution in [3.63, 3.8) is 0 Å². The highest BCUT2D eigenvalue weighted by atomic mass is 32.2. The molecule has 6 nitrogen and oxygen atoms in total. The summed E-state index contributed by atoms with van der Waals surface area (Å²) in [7, 11) is 1.70. The maximum Gasteiger partial charge on any atom is 0.269 e. The zero-order valence-corrected chi connectivity index (χ0v) is 14.2. The number of non-ortho nitro benzene ring substituents is 1. The van der Waals surface area contributed by atoms with Gasteiger partial charge in [-0.25, -0.2) is 4.99 Å². The molecule has 0 aliphatic carbocycles. The lowest BCUT2D eigenvalue weighted by Gasteiger charge is -2.15. The van der Waals surface area contributed by atoms with Crippen LogP contribution < -0.4 is 0 Å². The van der Waals surface area contributed by atoms with Crippen LogP contribution in [-0.4, -0.2) is 47.5 Å². The molecule has 1 aromatic rings. The number of nitrogens with zero attached hydrogens (tertiary/aromatic N) is 3. The summed E-state index contributed by atoms with van der Waals surface area (Å²) in [5.41, 5.74) is 1.70. The number of rotatable bonds is 7. The number of ether oxygens (including phenoxy) is 1. The van der Waals surface area contributed by atoms with E-state index in [-0.39, 0.29) is 10.6 Å². The summed E-state index contributed by atoms with van der Waals surface area (Å²) in [6, 6.07) is 4.78. The minimum absolute atomic E-state index is 0.100. The van der Waals surface area contributed by atoms with Crippen molar-refractivity contribution in [1.29, 1.82) is 0 Å². The summed E-state index contributed by atoms with van der Waals surface area (Å²) in [6.45, 7) is 4.36. The van der Waals surface area contributed by atoms with Gasteiger partial charge in [0.15, 0.2) is 5.17 Å². The fraction of sp³-hybridized carbons (Fsp3) is 0.438. The van der Waals surface area contributed by atoms with Gasteiger partial charge in [-0.3, -0.25) is 10.1 Å². The normalized spacial score (nSPS) is 16.6. The molecule has 1 saturated heterocycles. The zero-order valence-electron chi connectivity index (χ0n) is 13.4. The van der Waals surface area contributed by atoms with E-state index >= 15 is 0 Å². The number of aryl methyl sites for hydroxylation is 1. The van der Waals surface area contributed by atoms with Crippen molar-refractivity contribution in [2.24, 2.45) is 4.99 Å². The van der Waals surface area contributed by atoms with Crippen molar-refractivity contribution in [3.05, 3.63) is 46.0 Å². The van der Waals surface area contributed by atoms with E-state index in [0.717, 1.165) is 48.3 Å². The van der Waals surface area contributed by atoms with Gasteiger partial charge in [0.1, 0.15) is 0 Å². The first-order valence-electron chi connectivity index (χ1n) is 7.47. The van der Waals surface area contributed by atoms with Gasteiger partial charge in [-0.2, -0.15) is 0 Å². The van der Waals surface area contributed by atoms with Crippen molar-refractivity contribution in [2.75, 3.05) is 32.6 Å². The number of aliphatic imine (C=N–C) groups is 1. The summed E-state index contributed by atoms with van der Waals surface area (Å²) in [5, 5.41) is 11.8. The monoisotopic (exact) mass is 335 g/mol. The molecule has 124 valence electrons. The third kappa shape index (κ3) is 5.07. The molecule has 0 amide bonds. The molecular formula is C16H21N3O3S. The molecule has 0 N–H and O–H groups in total. The van der Waals surface area contributed by atoms with Crippen molar-refractivity contribution in [1.82, 2.24) is 4.90 Å². The van der Waals surface area contributed by atoms with Crippen molar-refractivity contribution in [2.45, 2.75) is 13.3 Å². The van der Waals surface area contributed by atoms with Gasteiger partial charge in [0.2, 0.25) is 0 Å². The first-order chi connectivity index (χ1) is 11.1. The maximum atomic E-state index is 10.8. The van der Waals surface area contributed by atoms with Crippen LogP contribution >= 0.6 is 11.8 Å². The van der Waals surface area contributed by atoms with Gasteiger partial charge in [-0.05, 0) is 25.0 Å². The maximum absolute atomic E-state index is 10.8. The quantitative estimate of drug-likeness (QED) is 0.330. The van der Waals surface area contributed by atoms with Crippen LogP contribution in [0.1, 0.15) is 12.0 Å². The number of amidine groups is 1. The lowest BCUT2D eigenvalue weighted by atomic mass is 10.2. The predicted molar refractivity (Wildman–Crippen MR) is 94.6 cm³/mol. The highest BCUT2D eigenvalue weighted by Crippen LogP contribution is 2.27. The molecule has 0 radical (unpaired) electrons. The summed E-state index contributed by atoms with van der Waals surface area (Å²) in [6.07, 6.45) is 5.15. The molecule has 0 bridgehead atoms. The molecule has 1 aromatic carbocycles. The van der Waals surface area contributed by atoms with Gasteiger partial charge in [0, 0.05) is 44.7 Å². The Morgan fingerprint density at radius 3 is 3.00 bits per heavy atom. The van der Waals surface area contributed by atoms with E-state index in [9.17, 15) is 10.1 Å². The molecule has 1 aliphatic rings. The van der Waals surface area contributed by atoms with E-state index in [1.54, 1.807) is 31.0 Å². The molecule has 0 aromatic heterocycles. The molecule has 0 saturated carbocycles. The van der Waals surface area contributed by atoms with Crippen LogP contribution in [0.2, 0.25) is 0 Å². The SMILES string of the molecule is COCC/C=C/CN1CCS/C1=N\c1ccc([N+](=O)[O-])cc1C. The Labute approximate surface area is 140 Å². The zero-order chi connectivity index (χ0) is 16.7. The highest BCUT2D eigenvalue weighted by molar-refractivity contribution is 8.14. The average molecular weight is 335 g/mol. The van der Waals surface area contributed by atoms with E-state index in [0.29, 0.717) is 0 Å². The summed E-state index contributed by atoms with van der Waals surface area (Å²) >= 11 is 1.72. The highest BCUT2D eigenvalue weighted by Gasteiger charge is 2.18. The van der Waals surface area contributed by atoms with Gasteiger partial charge in [-0.15, -0.1) is 0 Å². The number of methoxy groups -OCH3 is 1. The van der Waals surface area contributed by atoms with Gasteiger partial charge >= 0.3 is 0 Å². The van der Waals surface area contributed by atoms with E-state index < -0.39 is 0 Å². The Morgan fingerprint density at radius 2 is 2.30 bits per heavy atom. The fourth-order valence-electron chi connectivity index (χ4n) is 2.19. The van der Waals surface area contributed by atoms with Gasteiger partial charge < -0.3 is 9.64 Å². The van der Waals surface area contributed by atoms with E-state index in [1.165, 1.54) is 6.07 Å². The van der Waals surface area contributed by atoms with Crippen molar-refractivity contribution >= 4 is 28.3 Å². The van der Waals surface area contributed by atoms with Crippen LogP contribution in [-0.2, 0) is 4.74 Å². The number of thioether (sulfide) groups is 1. The van der Waals surface area contributed by atoms with E-state index in [2.05, 4.69) is 22.0 Å². The smallest absolute Gasteiger partial charge is 0.269 e.